The average molecular weight is 256 g/mol. The number of hydrogen-bond donors (Lipinski definition) is 1. The Morgan fingerprint density at radius 2 is 2.24 bits per heavy atom. The van der Waals surface area contributed by atoms with Crippen LogP contribution in [0.5, 0.6) is 5.75 Å². The SMILES string of the molecule is O=COc1ccc(SC2CCNCC2)nc1F. The Morgan fingerprint density at radius 3 is 2.88 bits per heavy atom. The summed E-state index contributed by atoms with van der Waals surface area (Å²) in [5, 5.41) is 4.38. The minimum Gasteiger partial charge on any atom is -0.424 e. The van der Waals surface area contributed by atoms with Crippen LogP contribution >= 0.6 is 11.8 Å². The second kappa shape index (κ2) is 5.97. The average Bonchev–Trinajstić information content (AvgIpc) is 2.34. The number of piperidine rings is 1. The Bertz CT molecular complexity index is 397. The van der Waals surface area contributed by atoms with Gasteiger partial charge in [-0.05, 0) is 38.1 Å². The quantitative estimate of drug-likeness (QED) is 0.655. The smallest absolute Gasteiger partial charge is 0.298 e. The van der Waals surface area contributed by atoms with Gasteiger partial charge in [0.2, 0.25) is 0 Å². The monoisotopic (exact) mass is 256 g/mol. The highest BCUT2D eigenvalue weighted by Gasteiger charge is 2.16. The molecule has 1 N–H and O–H groups in total. The van der Waals surface area contributed by atoms with Gasteiger partial charge in [-0.15, -0.1) is 11.8 Å². The van der Waals surface area contributed by atoms with Crippen LogP contribution in [-0.4, -0.2) is 29.8 Å². The normalized spacial score (nSPS) is 16.8. The van der Waals surface area contributed by atoms with Crippen molar-refractivity contribution in [2.24, 2.45) is 0 Å². The first kappa shape index (κ1) is 12.3. The van der Waals surface area contributed by atoms with Gasteiger partial charge >= 0.3 is 0 Å². The maximum absolute atomic E-state index is 13.4. The number of aromatic nitrogens is 1. The molecule has 1 aliphatic rings. The van der Waals surface area contributed by atoms with E-state index in [1.807, 2.05) is 0 Å². The predicted molar refractivity (Wildman–Crippen MR) is 62.6 cm³/mol. The van der Waals surface area contributed by atoms with E-state index in [9.17, 15) is 9.18 Å². The molecule has 1 fully saturated rings. The molecule has 2 rings (SSSR count). The van der Waals surface area contributed by atoms with Gasteiger partial charge in [0.1, 0.15) is 0 Å². The minimum atomic E-state index is -0.740. The van der Waals surface area contributed by atoms with Crippen molar-refractivity contribution in [3.05, 3.63) is 18.1 Å². The summed E-state index contributed by atoms with van der Waals surface area (Å²) in [6.45, 7) is 2.18. The van der Waals surface area contributed by atoms with E-state index in [1.54, 1.807) is 17.8 Å². The topological polar surface area (TPSA) is 51.2 Å². The van der Waals surface area contributed by atoms with Gasteiger partial charge in [0.05, 0.1) is 5.03 Å². The lowest BCUT2D eigenvalue weighted by molar-refractivity contribution is -0.120. The van der Waals surface area contributed by atoms with Crippen molar-refractivity contribution in [3.8, 4) is 5.75 Å². The highest BCUT2D eigenvalue weighted by Crippen LogP contribution is 2.28. The Labute approximate surface area is 103 Å². The van der Waals surface area contributed by atoms with Crippen molar-refractivity contribution in [2.45, 2.75) is 23.1 Å². The molecule has 4 nitrogen and oxygen atoms in total. The van der Waals surface area contributed by atoms with Crippen LogP contribution in [0, 0.1) is 5.95 Å². The molecule has 0 unspecified atom stereocenters. The highest BCUT2D eigenvalue weighted by atomic mass is 32.2. The van der Waals surface area contributed by atoms with Crippen molar-refractivity contribution in [1.82, 2.24) is 10.3 Å². The van der Waals surface area contributed by atoms with E-state index in [-0.39, 0.29) is 12.2 Å². The highest BCUT2D eigenvalue weighted by molar-refractivity contribution is 7.99. The summed E-state index contributed by atoms with van der Waals surface area (Å²) in [6.07, 6.45) is 2.11. The van der Waals surface area contributed by atoms with E-state index in [0.29, 0.717) is 10.3 Å². The molecule has 17 heavy (non-hydrogen) atoms. The molecule has 0 aromatic carbocycles. The van der Waals surface area contributed by atoms with Crippen molar-refractivity contribution < 1.29 is 13.9 Å². The van der Waals surface area contributed by atoms with Crippen LogP contribution in [0.3, 0.4) is 0 Å². The third-order valence-electron chi connectivity index (χ3n) is 2.54. The molecule has 0 radical (unpaired) electrons. The Morgan fingerprint density at radius 1 is 1.47 bits per heavy atom. The lowest BCUT2D eigenvalue weighted by Gasteiger charge is -2.21. The van der Waals surface area contributed by atoms with E-state index >= 15 is 0 Å². The zero-order chi connectivity index (χ0) is 12.1. The van der Waals surface area contributed by atoms with E-state index < -0.39 is 5.95 Å². The lowest BCUT2D eigenvalue weighted by Crippen LogP contribution is -2.29. The lowest BCUT2D eigenvalue weighted by atomic mass is 10.2. The van der Waals surface area contributed by atoms with Crippen LogP contribution in [0.2, 0.25) is 0 Å². The maximum atomic E-state index is 13.4. The second-order valence-corrected chi connectivity index (χ2v) is 5.04. The summed E-state index contributed by atoms with van der Waals surface area (Å²) < 4.78 is 17.8. The fourth-order valence-corrected chi connectivity index (χ4v) is 2.79. The van der Waals surface area contributed by atoms with Gasteiger partial charge in [-0.3, -0.25) is 4.79 Å². The molecule has 0 spiro atoms. The first-order chi connectivity index (χ1) is 8.29. The van der Waals surface area contributed by atoms with Gasteiger partial charge in [-0.25, -0.2) is 4.98 Å². The summed E-state index contributed by atoms with van der Waals surface area (Å²) in [5.74, 6) is -0.870. The Hall–Kier alpha value is -1.14. The molecule has 0 bridgehead atoms. The van der Waals surface area contributed by atoms with E-state index in [0.717, 1.165) is 25.9 Å². The number of nitrogens with zero attached hydrogens (tertiary/aromatic N) is 1. The third kappa shape index (κ3) is 3.41. The maximum Gasteiger partial charge on any atom is 0.298 e. The van der Waals surface area contributed by atoms with Crippen LogP contribution < -0.4 is 10.1 Å². The van der Waals surface area contributed by atoms with Gasteiger partial charge in [-0.1, -0.05) is 0 Å². The molecule has 1 aliphatic heterocycles. The molecular formula is C11H13FN2O2S. The molecule has 1 aromatic rings. The fourth-order valence-electron chi connectivity index (χ4n) is 1.69. The van der Waals surface area contributed by atoms with Crippen LogP contribution in [0.25, 0.3) is 0 Å². The first-order valence-corrected chi connectivity index (χ1v) is 6.32. The molecule has 6 heteroatoms. The molecule has 2 heterocycles. The zero-order valence-electron chi connectivity index (χ0n) is 9.19. The Kier molecular flexibility index (Phi) is 4.33. The summed E-state index contributed by atoms with van der Waals surface area (Å²) in [4.78, 5) is 13.9. The summed E-state index contributed by atoms with van der Waals surface area (Å²) in [5.41, 5.74) is 0. The number of thioether (sulfide) groups is 1. The standard InChI is InChI=1S/C11H13FN2O2S/c12-11-9(16-7-15)1-2-10(14-11)17-8-3-5-13-6-4-8/h1-2,7-8,13H,3-6H2. The first-order valence-electron chi connectivity index (χ1n) is 5.44. The van der Waals surface area contributed by atoms with Gasteiger partial charge in [-0.2, -0.15) is 4.39 Å². The number of carbonyl (C=O) groups is 1. The van der Waals surface area contributed by atoms with Crippen molar-refractivity contribution in [2.75, 3.05) is 13.1 Å². The predicted octanol–water partition coefficient (Wildman–Crippen LogP) is 1.60. The number of pyridine rings is 1. The van der Waals surface area contributed by atoms with Crippen LogP contribution in [0.4, 0.5) is 4.39 Å². The van der Waals surface area contributed by atoms with E-state index in [2.05, 4.69) is 15.0 Å². The number of ether oxygens (including phenoxy) is 1. The van der Waals surface area contributed by atoms with Gasteiger partial charge in [0.25, 0.3) is 12.4 Å². The number of carbonyl (C=O) groups excluding carboxylic acids is 1. The molecule has 0 aliphatic carbocycles. The van der Waals surface area contributed by atoms with Crippen molar-refractivity contribution >= 4 is 18.2 Å². The number of rotatable bonds is 4. The van der Waals surface area contributed by atoms with E-state index in [1.165, 1.54) is 6.07 Å². The number of nitrogens with one attached hydrogen (secondary N) is 1. The zero-order valence-corrected chi connectivity index (χ0v) is 10.0. The molecule has 0 saturated carbocycles. The molecule has 1 aromatic heterocycles. The van der Waals surface area contributed by atoms with Crippen LogP contribution in [0.1, 0.15) is 12.8 Å². The van der Waals surface area contributed by atoms with Crippen molar-refractivity contribution in [1.29, 1.82) is 0 Å². The summed E-state index contributed by atoms with van der Waals surface area (Å²) in [7, 11) is 0. The number of halogens is 1. The summed E-state index contributed by atoms with van der Waals surface area (Å²) in [6, 6.07) is 3.11. The van der Waals surface area contributed by atoms with Crippen LogP contribution in [-0.2, 0) is 4.79 Å². The Balaban J connectivity index is 2.01. The van der Waals surface area contributed by atoms with E-state index in [4.69, 9.17) is 0 Å². The largest absolute Gasteiger partial charge is 0.424 e. The molecule has 0 atom stereocenters. The molecular weight excluding hydrogens is 243 g/mol. The number of hydrogen-bond acceptors (Lipinski definition) is 5. The molecule has 92 valence electrons. The molecule has 0 amide bonds. The fraction of sp³-hybridized carbons (Fsp3) is 0.455. The minimum absolute atomic E-state index is 0.130. The van der Waals surface area contributed by atoms with Gasteiger partial charge in [0.15, 0.2) is 5.75 Å². The van der Waals surface area contributed by atoms with Gasteiger partial charge < -0.3 is 10.1 Å². The summed E-state index contributed by atoms with van der Waals surface area (Å²) >= 11 is 1.57. The van der Waals surface area contributed by atoms with Crippen LogP contribution in [0.15, 0.2) is 17.2 Å². The second-order valence-electron chi connectivity index (χ2n) is 3.72. The van der Waals surface area contributed by atoms with Gasteiger partial charge in [0, 0.05) is 5.25 Å². The third-order valence-corrected chi connectivity index (χ3v) is 3.81. The molecule has 1 saturated heterocycles. The van der Waals surface area contributed by atoms with Crippen molar-refractivity contribution in [3.63, 3.8) is 0 Å².